The van der Waals surface area contributed by atoms with Crippen LogP contribution in [-0.2, 0) is 28.5 Å². The Bertz CT molecular complexity index is 1420. The van der Waals surface area contributed by atoms with E-state index >= 15 is 0 Å². The largest absolute Gasteiger partial charge is 0.459 e. The Hall–Kier alpha value is -1.19. The van der Waals surface area contributed by atoms with Crippen molar-refractivity contribution in [2.24, 2.45) is 45.3 Å². The molecule has 0 bridgehead atoms. The van der Waals surface area contributed by atoms with Gasteiger partial charge in [-0.3, -0.25) is 4.79 Å². The molecule has 302 valence electrons. The van der Waals surface area contributed by atoms with Crippen molar-refractivity contribution in [1.29, 1.82) is 0 Å². The van der Waals surface area contributed by atoms with Crippen molar-refractivity contribution in [3.63, 3.8) is 0 Å². The molecule has 6 fully saturated rings. The Morgan fingerprint density at radius 1 is 0.849 bits per heavy atom. The highest BCUT2D eigenvalue weighted by Gasteiger charge is 2.78. The molecule has 0 radical (unpaired) electrons. The summed E-state index contributed by atoms with van der Waals surface area (Å²) < 4.78 is 30.7. The molecule has 0 amide bonds. The van der Waals surface area contributed by atoms with Crippen LogP contribution in [0.2, 0.25) is 0 Å². The Balaban J connectivity index is 1.12. The molecule has 0 aromatic carbocycles. The number of esters is 1. The van der Waals surface area contributed by atoms with Crippen molar-refractivity contribution in [2.75, 3.05) is 6.61 Å². The quantitative estimate of drug-likeness (QED) is 0.121. The van der Waals surface area contributed by atoms with Crippen molar-refractivity contribution >= 4 is 5.97 Å². The number of hydrogen-bond acceptors (Lipinski definition) is 12. The van der Waals surface area contributed by atoms with Crippen LogP contribution >= 0.6 is 0 Å². The fourth-order valence-electron chi connectivity index (χ4n) is 12.9. The maximum Gasteiger partial charge on any atom is 0.316 e. The van der Waals surface area contributed by atoms with Gasteiger partial charge in [0.05, 0.1) is 24.9 Å². The van der Waals surface area contributed by atoms with Crippen molar-refractivity contribution in [2.45, 2.75) is 186 Å². The highest BCUT2D eigenvalue weighted by molar-refractivity contribution is 5.84. The lowest BCUT2D eigenvalue weighted by atomic mass is 9.40. The number of aliphatic hydroxyl groups excluding tert-OH is 6. The van der Waals surface area contributed by atoms with Crippen LogP contribution < -0.4 is 0 Å². The van der Waals surface area contributed by atoms with Gasteiger partial charge in [-0.2, -0.15) is 0 Å². The molecule has 53 heavy (non-hydrogen) atoms. The van der Waals surface area contributed by atoms with Gasteiger partial charge in [0.25, 0.3) is 0 Å². The van der Waals surface area contributed by atoms with Gasteiger partial charge in [-0.15, -0.1) is 0 Å². The second kappa shape index (κ2) is 13.7. The van der Waals surface area contributed by atoms with E-state index < -0.39 is 83.3 Å². The summed E-state index contributed by atoms with van der Waals surface area (Å²) in [7, 11) is 0. The van der Waals surface area contributed by atoms with E-state index in [0.29, 0.717) is 12.3 Å². The average molecular weight is 751 g/mol. The molecule has 12 heteroatoms. The Morgan fingerprint density at radius 2 is 1.57 bits per heavy atom. The van der Waals surface area contributed by atoms with E-state index in [-0.39, 0.29) is 41.8 Å². The van der Waals surface area contributed by atoms with Crippen LogP contribution in [0.25, 0.3) is 0 Å². The van der Waals surface area contributed by atoms with Crippen LogP contribution in [0.5, 0.6) is 0 Å². The Morgan fingerprint density at radius 3 is 2.26 bits per heavy atom. The van der Waals surface area contributed by atoms with Crippen LogP contribution in [-0.4, -0.2) is 116 Å². The zero-order chi connectivity index (χ0) is 38.6. The van der Waals surface area contributed by atoms with E-state index in [2.05, 4.69) is 54.5 Å². The summed E-state index contributed by atoms with van der Waals surface area (Å²) in [6, 6.07) is 0. The fraction of sp³-hybridized carbons (Fsp3) is 0.927. The lowest BCUT2D eigenvalue weighted by molar-refractivity contribution is -0.363. The molecular weight excluding hydrogens is 684 g/mol. The topological polar surface area (TPSA) is 185 Å². The van der Waals surface area contributed by atoms with E-state index in [1.807, 2.05) is 0 Å². The summed E-state index contributed by atoms with van der Waals surface area (Å²) in [6.07, 6.45) is -3.12. The molecule has 2 unspecified atom stereocenters. The third-order valence-electron chi connectivity index (χ3n) is 15.9. The molecule has 7 aliphatic rings. The van der Waals surface area contributed by atoms with Gasteiger partial charge in [0.1, 0.15) is 47.6 Å². The van der Waals surface area contributed by atoms with E-state index in [9.17, 15) is 35.4 Å². The molecule has 0 aromatic heterocycles. The summed E-state index contributed by atoms with van der Waals surface area (Å²) in [6.45, 7) is 16.9. The van der Waals surface area contributed by atoms with E-state index in [4.69, 9.17) is 23.7 Å². The van der Waals surface area contributed by atoms with Gasteiger partial charge in [-0.25, -0.2) is 0 Å². The molecule has 3 saturated carbocycles. The molecule has 7 rings (SSSR count). The monoisotopic (exact) mass is 750 g/mol. The zero-order valence-electron chi connectivity index (χ0n) is 32.9. The first-order chi connectivity index (χ1) is 24.7. The predicted octanol–water partition coefficient (Wildman–Crippen LogP) is 3.36. The van der Waals surface area contributed by atoms with Crippen LogP contribution in [0.15, 0.2) is 11.6 Å². The third kappa shape index (κ3) is 5.85. The van der Waals surface area contributed by atoms with Crippen molar-refractivity contribution in [3.8, 4) is 0 Å². The maximum absolute atomic E-state index is 14.2. The Kier molecular flexibility index (Phi) is 10.4. The minimum Gasteiger partial charge on any atom is -0.459 e. The van der Waals surface area contributed by atoms with Gasteiger partial charge in [0, 0.05) is 5.92 Å². The minimum absolute atomic E-state index is 0.0326. The zero-order valence-corrected chi connectivity index (χ0v) is 32.9. The van der Waals surface area contributed by atoms with Gasteiger partial charge in [-0.1, -0.05) is 59.6 Å². The van der Waals surface area contributed by atoms with Gasteiger partial charge in [0.2, 0.25) is 0 Å². The molecule has 12 nitrogen and oxygen atoms in total. The van der Waals surface area contributed by atoms with Gasteiger partial charge in [-0.05, 0) is 99.2 Å². The first kappa shape index (κ1) is 40.0. The minimum atomic E-state index is -1.60. The molecule has 3 heterocycles. The van der Waals surface area contributed by atoms with Crippen molar-refractivity contribution in [3.05, 3.63) is 11.6 Å². The van der Waals surface area contributed by atoms with E-state index in [0.717, 1.165) is 51.4 Å². The molecule has 3 aliphatic heterocycles. The first-order valence-corrected chi connectivity index (χ1v) is 20.4. The summed E-state index contributed by atoms with van der Waals surface area (Å²) in [5.41, 5.74) is -1.36. The number of allylic oxidation sites excluding steroid dienone is 1. The highest BCUT2D eigenvalue weighted by Crippen LogP contribution is 2.76. The second-order valence-corrected chi connectivity index (χ2v) is 19.6. The molecule has 3 saturated heterocycles. The van der Waals surface area contributed by atoms with Gasteiger partial charge < -0.3 is 54.3 Å². The molecular formula is C41H66O12. The van der Waals surface area contributed by atoms with Crippen LogP contribution in [0, 0.1) is 45.3 Å². The van der Waals surface area contributed by atoms with Gasteiger partial charge >= 0.3 is 5.97 Å². The second-order valence-electron chi connectivity index (χ2n) is 19.6. The summed E-state index contributed by atoms with van der Waals surface area (Å²) >= 11 is 0. The number of ether oxygens (including phenoxy) is 5. The normalized spacial score (nSPS) is 53.3. The molecule has 18 atom stereocenters. The van der Waals surface area contributed by atoms with Crippen LogP contribution in [0.4, 0.5) is 0 Å². The van der Waals surface area contributed by atoms with Crippen molar-refractivity contribution < 1.29 is 59.1 Å². The third-order valence-corrected chi connectivity index (χ3v) is 15.9. The van der Waals surface area contributed by atoms with E-state index in [1.165, 1.54) is 5.57 Å². The lowest BCUT2D eigenvalue weighted by Crippen LogP contribution is -2.64. The summed E-state index contributed by atoms with van der Waals surface area (Å²) in [5, 5.41) is 65.1. The summed E-state index contributed by atoms with van der Waals surface area (Å²) in [5.74, 6) is 0.633. The average Bonchev–Trinajstić information content (AvgIpc) is 3.54. The van der Waals surface area contributed by atoms with Crippen LogP contribution in [0.1, 0.15) is 113 Å². The number of hydrogen-bond donors (Lipinski definition) is 6. The van der Waals surface area contributed by atoms with E-state index in [1.54, 1.807) is 6.92 Å². The molecule has 1 spiro atoms. The molecule has 0 aromatic rings. The number of carbonyl (C=O) groups is 1. The number of fused-ring (bicyclic) bond motifs is 4. The standard InChI is InChI=1S/C41H66O12/c1-20(2)10-9-15-40(8)26-13-17-39(7)22-11-12-25-37(4,5)28(14-16-38(25,6)23(22)18-27(43)41(26,39)36(48)53-40)51-35-33(30(45)24(42)19-49-35)52-34-32(47)31(46)29(44)21(3)50-34/h18,20-22,24-35,42-47H,9-17,19H2,1-8H3/t21-,22-,24-,25+,26?,27+,28+,29-,30+,31+,32-,33-,34+,35+,38-,39+,40+,41?/m1/s1. The lowest BCUT2D eigenvalue weighted by Gasteiger charge is -2.64. The van der Waals surface area contributed by atoms with Crippen molar-refractivity contribution in [1.82, 2.24) is 0 Å². The SMILES string of the molecule is CC(C)CCC[C@]1(C)OC(=O)C23C1CC[C@@]2(C)[C@@H]1CC[C@H]2C(C)(C)[C@@H](O[C@@H]4OC[C@@H](O)[C@H](O)[C@H]4O[C@@H]4O[C@H](C)[C@@H](O)[C@H](O)[C@H]4O)CC[C@]2(C)C1=C[C@@H]3O. The molecule has 6 N–H and O–H groups in total. The van der Waals surface area contributed by atoms with Crippen LogP contribution in [0.3, 0.4) is 0 Å². The first-order valence-electron chi connectivity index (χ1n) is 20.4. The van der Waals surface area contributed by atoms with Gasteiger partial charge in [0.15, 0.2) is 12.6 Å². The highest BCUT2D eigenvalue weighted by atomic mass is 16.8. The smallest absolute Gasteiger partial charge is 0.316 e. The Labute approximate surface area is 314 Å². The molecule has 4 aliphatic carbocycles. The number of rotatable bonds is 8. The maximum atomic E-state index is 14.2. The number of cyclic esters (lactones) is 1. The predicted molar refractivity (Wildman–Crippen MR) is 192 cm³/mol. The fourth-order valence-corrected chi connectivity index (χ4v) is 12.9. The number of carbonyl (C=O) groups excluding carboxylic acids is 1. The summed E-state index contributed by atoms with van der Waals surface area (Å²) in [4.78, 5) is 14.2. The number of aliphatic hydroxyl groups is 6.